The molecule has 0 saturated carbocycles. The third-order valence-electron chi connectivity index (χ3n) is 2.93. The molecule has 0 aliphatic carbocycles. The highest BCUT2D eigenvalue weighted by atomic mass is 14.8. The fourth-order valence-corrected chi connectivity index (χ4v) is 1.79. The van der Waals surface area contributed by atoms with Crippen molar-refractivity contribution in [3.8, 4) is 11.1 Å². The fraction of sp³-hybridized carbons (Fsp3) is 0.214. The molecule has 1 heterocycles. The minimum Gasteiger partial charge on any atom is -0.384 e. The summed E-state index contributed by atoms with van der Waals surface area (Å²) in [5, 5.41) is 0. The summed E-state index contributed by atoms with van der Waals surface area (Å²) < 4.78 is 0. The lowest BCUT2D eigenvalue weighted by atomic mass is 10.00. The Hall–Kier alpha value is -1.83. The second kappa shape index (κ2) is 3.97. The van der Waals surface area contributed by atoms with Crippen molar-refractivity contribution < 1.29 is 0 Å². The van der Waals surface area contributed by atoms with Gasteiger partial charge in [0.15, 0.2) is 0 Å². The summed E-state index contributed by atoms with van der Waals surface area (Å²) in [7, 11) is 0. The maximum absolute atomic E-state index is 5.65. The first-order chi connectivity index (χ1) is 7.58. The molecule has 82 valence electrons. The summed E-state index contributed by atoms with van der Waals surface area (Å²) in [4.78, 5) is 4.28. The Morgan fingerprint density at radius 1 is 0.938 bits per heavy atom. The average Bonchev–Trinajstić information content (AvgIpc) is 2.22. The molecule has 0 amide bonds. The van der Waals surface area contributed by atoms with E-state index in [-0.39, 0.29) is 0 Å². The van der Waals surface area contributed by atoms with Crippen LogP contribution in [0.1, 0.15) is 16.8 Å². The Bertz CT molecular complexity index is 530. The van der Waals surface area contributed by atoms with E-state index in [0.29, 0.717) is 5.82 Å². The van der Waals surface area contributed by atoms with Gasteiger partial charge in [0.2, 0.25) is 0 Å². The number of hydrogen-bond acceptors (Lipinski definition) is 2. The normalized spacial score (nSPS) is 10.4. The topological polar surface area (TPSA) is 38.9 Å². The van der Waals surface area contributed by atoms with E-state index in [1.807, 2.05) is 19.1 Å². The van der Waals surface area contributed by atoms with Crippen LogP contribution in [0.25, 0.3) is 11.1 Å². The molecule has 2 rings (SSSR count). The van der Waals surface area contributed by atoms with Crippen LogP contribution < -0.4 is 5.73 Å². The molecule has 2 nitrogen and oxygen atoms in total. The molecule has 0 aliphatic rings. The standard InChI is InChI=1S/C14H16N2/c1-9-4-5-12(8-10(9)2)13-6-7-14(15)16-11(13)3/h4-8H,1-3H3,(H2,15,16). The Morgan fingerprint density at radius 3 is 2.31 bits per heavy atom. The molecule has 1 aromatic heterocycles. The van der Waals surface area contributed by atoms with Crippen molar-refractivity contribution in [2.75, 3.05) is 5.73 Å². The minimum absolute atomic E-state index is 0.574. The average molecular weight is 212 g/mol. The highest BCUT2D eigenvalue weighted by Crippen LogP contribution is 2.24. The van der Waals surface area contributed by atoms with Gasteiger partial charge in [0.05, 0.1) is 0 Å². The van der Waals surface area contributed by atoms with E-state index in [0.717, 1.165) is 11.3 Å². The maximum Gasteiger partial charge on any atom is 0.123 e. The van der Waals surface area contributed by atoms with E-state index >= 15 is 0 Å². The Kier molecular flexibility index (Phi) is 2.65. The molecule has 1 aromatic carbocycles. The van der Waals surface area contributed by atoms with Gasteiger partial charge in [0.25, 0.3) is 0 Å². The summed E-state index contributed by atoms with van der Waals surface area (Å²) in [5.74, 6) is 0.574. The van der Waals surface area contributed by atoms with Crippen LogP contribution in [0.15, 0.2) is 30.3 Å². The van der Waals surface area contributed by atoms with E-state index in [9.17, 15) is 0 Å². The molecule has 16 heavy (non-hydrogen) atoms. The van der Waals surface area contributed by atoms with Crippen LogP contribution in [0.5, 0.6) is 0 Å². The summed E-state index contributed by atoms with van der Waals surface area (Å²) >= 11 is 0. The number of rotatable bonds is 1. The minimum atomic E-state index is 0.574. The van der Waals surface area contributed by atoms with E-state index in [1.165, 1.54) is 16.7 Å². The molecule has 0 atom stereocenters. The molecule has 0 bridgehead atoms. The largest absolute Gasteiger partial charge is 0.384 e. The second-order valence-electron chi connectivity index (χ2n) is 4.17. The highest BCUT2D eigenvalue weighted by Gasteiger charge is 2.04. The van der Waals surface area contributed by atoms with Crippen molar-refractivity contribution in [1.82, 2.24) is 4.98 Å². The number of aromatic nitrogens is 1. The third-order valence-corrected chi connectivity index (χ3v) is 2.93. The van der Waals surface area contributed by atoms with Crippen LogP contribution in [0.3, 0.4) is 0 Å². The number of aryl methyl sites for hydroxylation is 3. The number of nitrogens with two attached hydrogens (primary N) is 1. The molecule has 0 unspecified atom stereocenters. The lowest BCUT2D eigenvalue weighted by Gasteiger charge is -2.08. The van der Waals surface area contributed by atoms with Gasteiger partial charge in [-0.1, -0.05) is 18.2 Å². The summed E-state index contributed by atoms with van der Waals surface area (Å²) in [5.41, 5.74) is 11.6. The van der Waals surface area contributed by atoms with Crippen LogP contribution in [0, 0.1) is 20.8 Å². The van der Waals surface area contributed by atoms with E-state index in [4.69, 9.17) is 5.73 Å². The summed E-state index contributed by atoms with van der Waals surface area (Å²) in [6.45, 7) is 6.23. The van der Waals surface area contributed by atoms with Crippen LogP contribution in [0.4, 0.5) is 5.82 Å². The van der Waals surface area contributed by atoms with Gasteiger partial charge in [-0.25, -0.2) is 4.98 Å². The van der Waals surface area contributed by atoms with Crippen molar-refractivity contribution in [3.05, 3.63) is 47.2 Å². The first-order valence-electron chi connectivity index (χ1n) is 5.38. The molecular weight excluding hydrogens is 196 g/mol. The van der Waals surface area contributed by atoms with Gasteiger partial charge in [-0.15, -0.1) is 0 Å². The number of nitrogen functional groups attached to an aromatic ring is 1. The van der Waals surface area contributed by atoms with Crippen LogP contribution in [-0.4, -0.2) is 4.98 Å². The van der Waals surface area contributed by atoms with Crippen molar-refractivity contribution in [1.29, 1.82) is 0 Å². The lowest BCUT2D eigenvalue weighted by molar-refractivity contribution is 1.21. The SMILES string of the molecule is Cc1ccc(-c2ccc(N)nc2C)cc1C. The predicted octanol–water partition coefficient (Wildman–Crippen LogP) is 3.26. The van der Waals surface area contributed by atoms with Crippen LogP contribution in [0.2, 0.25) is 0 Å². The molecule has 0 aliphatic heterocycles. The van der Waals surface area contributed by atoms with Gasteiger partial charge in [-0.05, 0) is 49.6 Å². The molecule has 0 radical (unpaired) electrons. The zero-order valence-corrected chi connectivity index (χ0v) is 9.91. The third kappa shape index (κ3) is 1.91. The number of pyridine rings is 1. The number of hydrogen-bond donors (Lipinski definition) is 1. The summed E-state index contributed by atoms with van der Waals surface area (Å²) in [6, 6.07) is 10.3. The maximum atomic E-state index is 5.65. The van der Waals surface area contributed by atoms with E-state index < -0.39 is 0 Å². The van der Waals surface area contributed by atoms with Crippen molar-refractivity contribution >= 4 is 5.82 Å². The van der Waals surface area contributed by atoms with Gasteiger partial charge < -0.3 is 5.73 Å². The van der Waals surface area contributed by atoms with Crippen molar-refractivity contribution in [3.63, 3.8) is 0 Å². The summed E-state index contributed by atoms with van der Waals surface area (Å²) in [6.07, 6.45) is 0. The van der Waals surface area contributed by atoms with Gasteiger partial charge >= 0.3 is 0 Å². The quantitative estimate of drug-likeness (QED) is 0.788. The molecule has 2 heteroatoms. The first-order valence-corrected chi connectivity index (χ1v) is 5.38. The zero-order valence-electron chi connectivity index (χ0n) is 9.91. The monoisotopic (exact) mass is 212 g/mol. The first kappa shape index (κ1) is 10.7. The van der Waals surface area contributed by atoms with Gasteiger partial charge in [-0.3, -0.25) is 0 Å². The van der Waals surface area contributed by atoms with Crippen molar-refractivity contribution in [2.24, 2.45) is 0 Å². The van der Waals surface area contributed by atoms with Gasteiger partial charge in [-0.2, -0.15) is 0 Å². The van der Waals surface area contributed by atoms with E-state index in [1.54, 1.807) is 0 Å². The number of nitrogens with zero attached hydrogens (tertiary/aromatic N) is 1. The molecule has 0 spiro atoms. The van der Waals surface area contributed by atoms with Crippen LogP contribution >= 0.6 is 0 Å². The second-order valence-corrected chi connectivity index (χ2v) is 4.17. The predicted molar refractivity (Wildman–Crippen MR) is 68.3 cm³/mol. The Balaban J connectivity index is 2.54. The smallest absolute Gasteiger partial charge is 0.123 e. The Labute approximate surface area is 96.1 Å². The number of anilines is 1. The fourth-order valence-electron chi connectivity index (χ4n) is 1.79. The Morgan fingerprint density at radius 2 is 1.69 bits per heavy atom. The molecule has 0 fully saturated rings. The highest BCUT2D eigenvalue weighted by molar-refractivity contribution is 5.68. The van der Waals surface area contributed by atoms with E-state index in [2.05, 4.69) is 37.0 Å². The van der Waals surface area contributed by atoms with Crippen LogP contribution in [-0.2, 0) is 0 Å². The molecule has 0 saturated heterocycles. The van der Waals surface area contributed by atoms with Gasteiger partial charge in [0.1, 0.15) is 5.82 Å². The van der Waals surface area contributed by atoms with Crippen molar-refractivity contribution in [2.45, 2.75) is 20.8 Å². The molecule has 2 N–H and O–H groups in total. The molecule has 2 aromatic rings. The van der Waals surface area contributed by atoms with Gasteiger partial charge in [0, 0.05) is 11.3 Å². The lowest BCUT2D eigenvalue weighted by Crippen LogP contribution is -1.94. The number of benzene rings is 1. The zero-order chi connectivity index (χ0) is 11.7. The molecular formula is C14H16N2.